The molecule has 2 nitrogen and oxygen atoms in total. The fourth-order valence-electron chi connectivity index (χ4n) is 3.71. The third kappa shape index (κ3) is 2.87. The van der Waals surface area contributed by atoms with Gasteiger partial charge in [-0.3, -0.25) is 0 Å². The second-order valence-electron chi connectivity index (χ2n) is 5.38. The molecule has 0 bridgehead atoms. The molecule has 2 heteroatoms. The summed E-state index contributed by atoms with van der Waals surface area (Å²) < 4.78 is 0. The first-order chi connectivity index (χ1) is 7.77. The molecule has 2 rings (SSSR count). The summed E-state index contributed by atoms with van der Waals surface area (Å²) in [7, 11) is 0. The highest BCUT2D eigenvalue weighted by molar-refractivity contribution is 5.79. The Labute approximate surface area is 97.7 Å². The van der Waals surface area contributed by atoms with Gasteiger partial charge in [0.2, 0.25) is 0 Å². The molecule has 0 amide bonds. The van der Waals surface area contributed by atoms with Gasteiger partial charge in [0.1, 0.15) is 0 Å². The Hall–Kier alpha value is -0.790. The van der Waals surface area contributed by atoms with Crippen LogP contribution in [0.4, 0.5) is 0 Å². The van der Waals surface area contributed by atoms with Crippen LogP contribution in [0.5, 0.6) is 0 Å². The van der Waals surface area contributed by atoms with E-state index in [-0.39, 0.29) is 0 Å². The topological polar surface area (TPSA) is 37.3 Å². The maximum absolute atomic E-state index is 10.4. The minimum atomic E-state index is -0.810. The molecule has 2 saturated carbocycles. The highest BCUT2D eigenvalue weighted by Gasteiger charge is 2.33. The van der Waals surface area contributed by atoms with Gasteiger partial charge in [0.15, 0.2) is 0 Å². The van der Waals surface area contributed by atoms with Gasteiger partial charge in [-0.15, -0.1) is 0 Å². The van der Waals surface area contributed by atoms with Crippen molar-refractivity contribution >= 4 is 5.97 Å². The predicted octanol–water partition coefficient (Wildman–Crippen LogP) is 3.62. The van der Waals surface area contributed by atoms with Gasteiger partial charge in [0, 0.05) is 6.08 Å². The van der Waals surface area contributed by atoms with E-state index < -0.39 is 5.97 Å². The summed E-state index contributed by atoms with van der Waals surface area (Å²) in [6.45, 7) is 0. The van der Waals surface area contributed by atoms with E-state index in [0.29, 0.717) is 0 Å². The summed E-state index contributed by atoms with van der Waals surface area (Å²) in [6.07, 6.45) is 13.9. The van der Waals surface area contributed by atoms with Crippen molar-refractivity contribution < 1.29 is 9.90 Å². The third-order valence-electron chi connectivity index (χ3n) is 4.42. The number of carboxylic acids is 1. The van der Waals surface area contributed by atoms with Crippen LogP contribution in [0.2, 0.25) is 0 Å². The molecule has 16 heavy (non-hydrogen) atoms. The summed E-state index contributed by atoms with van der Waals surface area (Å²) in [4.78, 5) is 10.4. The Morgan fingerprint density at radius 2 is 1.88 bits per heavy atom. The lowest BCUT2D eigenvalue weighted by atomic mass is 9.81. The molecule has 0 aromatic carbocycles. The van der Waals surface area contributed by atoms with Crippen molar-refractivity contribution in [2.45, 2.75) is 51.4 Å². The van der Waals surface area contributed by atoms with Crippen molar-refractivity contribution in [3.63, 3.8) is 0 Å². The van der Waals surface area contributed by atoms with Crippen molar-refractivity contribution in [3.05, 3.63) is 12.2 Å². The zero-order valence-corrected chi connectivity index (χ0v) is 9.90. The second-order valence-corrected chi connectivity index (χ2v) is 5.38. The molecular weight excluding hydrogens is 200 g/mol. The molecule has 1 N–H and O–H groups in total. The Morgan fingerprint density at radius 1 is 1.12 bits per heavy atom. The SMILES string of the molecule is O=C(O)C=CCC1CCCC1C1CCCC1. The van der Waals surface area contributed by atoms with Crippen molar-refractivity contribution in [1.82, 2.24) is 0 Å². The molecule has 0 aromatic heterocycles. The van der Waals surface area contributed by atoms with Crippen LogP contribution in [-0.4, -0.2) is 11.1 Å². The Kier molecular flexibility index (Phi) is 4.03. The Balaban J connectivity index is 1.85. The monoisotopic (exact) mass is 222 g/mol. The van der Waals surface area contributed by atoms with Gasteiger partial charge < -0.3 is 5.11 Å². The van der Waals surface area contributed by atoms with E-state index in [2.05, 4.69) is 0 Å². The summed E-state index contributed by atoms with van der Waals surface area (Å²) in [5, 5.41) is 8.58. The molecule has 0 aliphatic heterocycles. The number of hydrogen-bond acceptors (Lipinski definition) is 1. The average molecular weight is 222 g/mol. The lowest BCUT2D eigenvalue weighted by molar-refractivity contribution is -0.131. The highest BCUT2D eigenvalue weighted by Crippen LogP contribution is 2.45. The largest absolute Gasteiger partial charge is 0.478 e. The summed E-state index contributed by atoms with van der Waals surface area (Å²) in [5.41, 5.74) is 0. The molecule has 2 unspecified atom stereocenters. The van der Waals surface area contributed by atoms with E-state index in [4.69, 9.17) is 5.11 Å². The van der Waals surface area contributed by atoms with Gasteiger partial charge in [-0.25, -0.2) is 4.79 Å². The first-order valence-electron chi connectivity index (χ1n) is 6.67. The molecule has 90 valence electrons. The van der Waals surface area contributed by atoms with Crippen LogP contribution >= 0.6 is 0 Å². The molecule has 2 fully saturated rings. The van der Waals surface area contributed by atoms with Gasteiger partial charge in [0.05, 0.1) is 0 Å². The first kappa shape index (κ1) is 11.7. The number of carbonyl (C=O) groups is 1. The molecule has 0 saturated heterocycles. The number of carboxylic acid groups (broad SMARTS) is 1. The Morgan fingerprint density at radius 3 is 2.56 bits per heavy atom. The fraction of sp³-hybridized carbons (Fsp3) is 0.786. The molecule has 2 atom stereocenters. The third-order valence-corrected chi connectivity index (χ3v) is 4.42. The van der Waals surface area contributed by atoms with E-state index in [1.807, 2.05) is 6.08 Å². The van der Waals surface area contributed by atoms with Gasteiger partial charge in [-0.2, -0.15) is 0 Å². The number of aliphatic carboxylic acids is 1. The Bertz CT molecular complexity index is 264. The highest BCUT2D eigenvalue weighted by atomic mass is 16.4. The van der Waals surface area contributed by atoms with E-state index in [9.17, 15) is 4.79 Å². The van der Waals surface area contributed by atoms with Gasteiger partial charge >= 0.3 is 5.97 Å². The first-order valence-corrected chi connectivity index (χ1v) is 6.67. The minimum absolute atomic E-state index is 0.763. The molecule has 0 radical (unpaired) electrons. The number of hydrogen-bond donors (Lipinski definition) is 1. The van der Waals surface area contributed by atoms with Gasteiger partial charge in [0.25, 0.3) is 0 Å². The average Bonchev–Trinajstić information content (AvgIpc) is 2.84. The fourth-order valence-corrected chi connectivity index (χ4v) is 3.71. The van der Waals surface area contributed by atoms with Gasteiger partial charge in [-0.1, -0.05) is 38.2 Å². The van der Waals surface area contributed by atoms with Crippen molar-refractivity contribution in [2.24, 2.45) is 17.8 Å². The van der Waals surface area contributed by atoms with E-state index in [1.54, 1.807) is 0 Å². The van der Waals surface area contributed by atoms with Crippen LogP contribution in [0, 0.1) is 17.8 Å². The molecule has 0 aromatic rings. The van der Waals surface area contributed by atoms with Crippen LogP contribution in [-0.2, 0) is 4.79 Å². The zero-order chi connectivity index (χ0) is 11.4. The van der Waals surface area contributed by atoms with Crippen molar-refractivity contribution in [1.29, 1.82) is 0 Å². The van der Waals surface area contributed by atoms with E-state index >= 15 is 0 Å². The van der Waals surface area contributed by atoms with Crippen LogP contribution in [0.25, 0.3) is 0 Å². The zero-order valence-electron chi connectivity index (χ0n) is 9.90. The molecule has 2 aliphatic carbocycles. The van der Waals surface area contributed by atoms with Crippen LogP contribution in [0.3, 0.4) is 0 Å². The standard InChI is InChI=1S/C14H22O2/c15-14(16)10-4-8-12-7-3-9-13(12)11-5-1-2-6-11/h4,10-13H,1-3,5-9H2,(H,15,16). The summed E-state index contributed by atoms with van der Waals surface area (Å²) in [6, 6.07) is 0. The van der Waals surface area contributed by atoms with Crippen molar-refractivity contribution in [3.8, 4) is 0 Å². The minimum Gasteiger partial charge on any atom is -0.478 e. The van der Waals surface area contributed by atoms with Crippen LogP contribution < -0.4 is 0 Å². The maximum Gasteiger partial charge on any atom is 0.327 e. The summed E-state index contributed by atoms with van der Waals surface area (Å²) in [5.74, 6) is 1.79. The molecule has 0 spiro atoms. The predicted molar refractivity (Wildman–Crippen MR) is 64.2 cm³/mol. The lowest BCUT2D eigenvalue weighted by Crippen LogP contribution is -2.16. The number of allylic oxidation sites excluding steroid dienone is 1. The summed E-state index contributed by atoms with van der Waals surface area (Å²) >= 11 is 0. The molecule has 0 heterocycles. The van der Waals surface area contributed by atoms with Crippen molar-refractivity contribution in [2.75, 3.05) is 0 Å². The van der Waals surface area contributed by atoms with Crippen LogP contribution in [0.15, 0.2) is 12.2 Å². The second kappa shape index (κ2) is 5.51. The van der Waals surface area contributed by atoms with Gasteiger partial charge in [-0.05, 0) is 37.0 Å². The molecular formula is C14H22O2. The maximum atomic E-state index is 10.4. The van der Waals surface area contributed by atoms with Crippen LogP contribution in [0.1, 0.15) is 51.4 Å². The number of rotatable bonds is 4. The normalized spacial score (nSPS) is 31.5. The van der Waals surface area contributed by atoms with E-state index in [0.717, 1.165) is 24.2 Å². The lowest BCUT2D eigenvalue weighted by Gasteiger charge is -2.24. The van der Waals surface area contributed by atoms with E-state index in [1.165, 1.54) is 51.0 Å². The molecule has 2 aliphatic rings. The quantitative estimate of drug-likeness (QED) is 0.737. The smallest absolute Gasteiger partial charge is 0.327 e.